The zero-order valence-corrected chi connectivity index (χ0v) is 14.9. The first-order valence-corrected chi connectivity index (χ1v) is 7.96. The molecule has 0 aliphatic heterocycles. The fraction of sp³-hybridized carbons (Fsp3) is 0.235. The predicted octanol–water partition coefficient (Wildman–Crippen LogP) is 5.26. The summed E-state index contributed by atoms with van der Waals surface area (Å²) in [5, 5.41) is 2.93. The zero-order valence-electron chi connectivity index (χ0n) is 13.4. The molecule has 0 atom stereocenters. The number of carbonyl (C=O) groups is 1. The first-order valence-electron chi connectivity index (χ1n) is 7.20. The summed E-state index contributed by atoms with van der Waals surface area (Å²) in [6.07, 6.45) is -4.71. The van der Waals surface area contributed by atoms with Crippen molar-refractivity contribution < 1.29 is 18.0 Å². The smallest absolute Gasteiger partial charge is 0.378 e. The van der Waals surface area contributed by atoms with Crippen molar-refractivity contribution in [3.63, 3.8) is 0 Å². The van der Waals surface area contributed by atoms with E-state index in [1.165, 1.54) is 24.3 Å². The van der Waals surface area contributed by atoms with Crippen molar-refractivity contribution in [2.45, 2.75) is 12.6 Å². The standard InChI is InChI=1S/C17H15Cl2F3N2O/c1-24(2)11-4-6-15(12(9-11)17(20,21)22)23-16(25)8-10-3-5-13(18)14(19)7-10/h3-7,9H,8H2,1-2H3,(H,23,25). The van der Waals surface area contributed by atoms with Gasteiger partial charge >= 0.3 is 6.18 Å². The summed E-state index contributed by atoms with van der Waals surface area (Å²) in [4.78, 5) is 13.7. The minimum absolute atomic E-state index is 0.121. The molecule has 8 heteroatoms. The van der Waals surface area contributed by atoms with Crippen LogP contribution in [0.5, 0.6) is 0 Å². The molecule has 0 saturated heterocycles. The van der Waals surface area contributed by atoms with Crippen LogP contribution in [0.2, 0.25) is 10.0 Å². The molecule has 0 bridgehead atoms. The molecule has 2 aromatic carbocycles. The van der Waals surface area contributed by atoms with E-state index in [4.69, 9.17) is 23.2 Å². The van der Waals surface area contributed by atoms with E-state index in [1.807, 2.05) is 0 Å². The molecule has 0 heterocycles. The summed E-state index contributed by atoms with van der Waals surface area (Å²) in [6.45, 7) is 0. The Kier molecular flexibility index (Phi) is 5.85. The van der Waals surface area contributed by atoms with Gasteiger partial charge in [-0.2, -0.15) is 13.2 Å². The lowest BCUT2D eigenvalue weighted by molar-refractivity contribution is -0.136. The number of hydrogen-bond donors (Lipinski definition) is 1. The van der Waals surface area contributed by atoms with E-state index >= 15 is 0 Å². The predicted molar refractivity (Wildman–Crippen MR) is 94.6 cm³/mol. The third kappa shape index (κ3) is 5.03. The van der Waals surface area contributed by atoms with Gasteiger partial charge in [-0.25, -0.2) is 0 Å². The Morgan fingerprint density at radius 3 is 2.32 bits per heavy atom. The van der Waals surface area contributed by atoms with Crippen LogP contribution in [0, 0.1) is 0 Å². The number of hydrogen-bond acceptors (Lipinski definition) is 2. The average molecular weight is 391 g/mol. The van der Waals surface area contributed by atoms with Gasteiger partial charge in [0.05, 0.1) is 27.7 Å². The van der Waals surface area contributed by atoms with Crippen LogP contribution in [0.3, 0.4) is 0 Å². The largest absolute Gasteiger partial charge is 0.418 e. The van der Waals surface area contributed by atoms with Crippen molar-refractivity contribution in [1.29, 1.82) is 0 Å². The van der Waals surface area contributed by atoms with Crippen LogP contribution < -0.4 is 10.2 Å². The van der Waals surface area contributed by atoms with E-state index in [1.54, 1.807) is 25.1 Å². The van der Waals surface area contributed by atoms with Gasteiger partial charge in [-0.1, -0.05) is 29.3 Å². The van der Waals surface area contributed by atoms with Gasteiger partial charge in [0.1, 0.15) is 0 Å². The van der Waals surface area contributed by atoms with Gasteiger partial charge in [-0.3, -0.25) is 4.79 Å². The lowest BCUT2D eigenvalue weighted by atomic mass is 10.1. The van der Waals surface area contributed by atoms with Gasteiger partial charge in [0.25, 0.3) is 0 Å². The highest BCUT2D eigenvalue weighted by atomic mass is 35.5. The van der Waals surface area contributed by atoms with E-state index in [2.05, 4.69) is 5.32 Å². The lowest BCUT2D eigenvalue weighted by Crippen LogP contribution is -2.19. The van der Waals surface area contributed by atoms with Crippen molar-refractivity contribution in [2.75, 3.05) is 24.3 Å². The van der Waals surface area contributed by atoms with Crippen LogP contribution in [0.25, 0.3) is 0 Å². The van der Waals surface area contributed by atoms with Crippen LogP contribution in [-0.2, 0) is 17.4 Å². The van der Waals surface area contributed by atoms with E-state index in [-0.39, 0.29) is 17.1 Å². The SMILES string of the molecule is CN(C)c1ccc(NC(=O)Cc2ccc(Cl)c(Cl)c2)c(C(F)(F)F)c1. The first-order chi connectivity index (χ1) is 11.6. The first kappa shape index (κ1) is 19.4. The lowest BCUT2D eigenvalue weighted by Gasteiger charge is -2.18. The van der Waals surface area contributed by atoms with Crippen molar-refractivity contribution >= 4 is 40.5 Å². The van der Waals surface area contributed by atoms with Crippen LogP contribution in [0.4, 0.5) is 24.5 Å². The highest BCUT2D eigenvalue weighted by Crippen LogP contribution is 2.37. The molecular formula is C17H15Cl2F3N2O. The Morgan fingerprint density at radius 1 is 1.08 bits per heavy atom. The van der Waals surface area contributed by atoms with E-state index in [0.717, 1.165) is 6.07 Å². The van der Waals surface area contributed by atoms with Crippen molar-refractivity contribution in [3.8, 4) is 0 Å². The Bertz CT molecular complexity index is 792. The summed E-state index contributed by atoms with van der Waals surface area (Å²) in [7, 11) is 3.27. The molecule has 0 saturated carbocycles. The second-order valence-corrected chi connectivity index (χ2v) is 6.41. The van der Waals surface area contributed by atoms with Crippen molar-refractivity contribution in [3.05, 3.63) is 57.6 Å². The quantitative estimate of drug-likeness (QED) is 0.771. The number of halogens is 5. The number of alkyl halides is 3. The third-order valence-electron chi connectivity index (χ3n) is 3.45. The molecular weight excluding hydrogens is 376 g/mol. The maximum Gasteiger partial charge on any atom is 0.418 e. The van der Waals surface area contributed by atoms with Crippen LogP contribution in [0.15, 0.2) is 36.4 Å². The molecule has 1 N–H and O–H groups in total. The van der Waals surface area contributed by atoms with Gasteiger partial charge in [0.2, 0.25) is 5.91 Å². The fourth-order valence-electron chi connectivity index (χ4n) is 2.18. The average Bonchev–Trinajstić information content (AvgIpc) is 2.50. The summed E-state index contributed by atoms with van der Waals surface area (Å²) in [5.74, 6) is -0.582. The van der Waals surface area contributed by atoms with E-state index in [0.29, 0.717) is 16.3 Å². The monoisotopic (exact) mass is 390 g/mol. The molecule has 0 radical (unpaired) electrons. The molecule has 2 aromatic rings. The fourth-order valence-corrected chi connectivity index (χ4v) is 2.50. The number of nitrogens with one attached hydrogen (secondary N) is 1. The highest BCUT2D eigenvalue weighted by Gasteiger charge is 2.34. The number of rotatable bonds is 4. The number of amides is 1. The Balaban J connectivity index is 2.23. The van der Waals surface area contributed by atoms with Crippen LogP contribution >= 0.6 is 23.2 Å². The molecule has 1 amide bonds. The maximum atomic E-state index is 13.3. The normalized spacial score (nSPS) is 11.3. The second kappa shape index (κ2) is 7.54. The summed E-state index contributed by atoms with van der Waals surface area (Å²) in [6, 6.07) is 8.36. The molecule has 0 spiro atoms. The zero-order chi connectivity index (χ0) is 18.8. The number of nitrogens with zero attached hydrogens (tertiary/aromatic N) is 1. The van der Waals surface area contributed by atoms with E-state index < -0.39 is 17.6 Å². The second-order valence-electron chi connectivity index (χ2n) is 5.60. The molecule has 2 rings (SSSR count). The summed E-state index contributed by atoms with van der Waals surface area (Å²) < 4.78 is 39.8. The highest BCUT2D eigenvalue weighted by molar-refractivity contribution is 6.42. The van der Waals surface area contributed by atoms with Gasteiger partial charge in [0.15, 0.2) is 0 Å². The van der Waals surface area contributed by atoms with Gasteiger partial charge in [-0.15, -0.1) is 0 Å². The minimum atomic E-state index is -4.59. The molecule has 0 aliphatic carbocycles. The Morgan fingerprint density at radius 2 is 1.76 bits per heavy atom. The van der Waals surface area contributed by atoms with Gasteiger partial charge < -0.3 is 10.2 Å². The number of anilines is 2. The number of carbonyl (C=O) groups excluding carboxylic acids is 1. The van der Waals surface area contributed by atoms with Gasteiger partial charge in [0, 0.05) is 19.8 Å². The molecule has 0 unspecified atom stereocenters. The Hall–Kier alpha value is -1.92. The van der Waals surface area contributed by atoms with Gasteiger partial charge in [-0.05, 0) is 35.9 Å². The number of benzene rings is 2. The molecule has 0 fully saturated rings. The molecule has 0 aliphatic rings. The molecule has 25 heavy (non-hydrogen) atoms. The minimum Gasteiger partial charge on any atom is -0.378 e. The summed E-state index contributed by atoms with van der Waals surface area (Å²) in [5.41, 5.74) is -0.260. The third-order valence-corrected chi connectivity index (χ3v) is 4.19. The van der Waals surface area contributed by atoms with Crippen LogP contribution in [0.1, 0.15) is 11.1 Å². The molecule has 3 nitrogen and oxygen atoms in total. The topological polar surface area (TPSA) is 32.3 Å². The molecule has 134 valence electrons. The van der Waals surface area contributed by atoms with E-state index in [9.17, 15) is 18.0 Å². The maximum absolute atomic E-state index is 13.3. The van der Waals surface area contributed by atoms with Crippen molar-refractivity contribution in [2.24, 2.45) is 0 Å². The molecule has 0 aromatic heterocycles. The summed E-state index contributed by atoms with van der Waals surface area (Å²) >= 11 is 11.7. The van der Waals surface area contributed by atoms with Crippen LogP contribution in [-0.4, -0.2) is 20.0 Å². The Labute approximate surface area is 153 Å². The van der Waals surface area contributed by atoms with Crippen molar-refractivity contribution in [1.82, 2.24) is 0 Å².